The van der Waals surface area contributed by atoms with Crippen molar-refractivity contribution in [3.05, 3.63) is 151 Å². The average Bonchev–Trinajstić information content (AvgIpc) is 3.47. The maximum absolute atomic E-state index is 4.18. The van der Waals surface area contributed by atoms with Crippen LogP contribution in [0.1, 0.15) is 216 Å². The van der Waals surface area contributed by atoms with E-state index >= 15 is 0 Å². The lowest BCUT2D eigenvalue weighted by atomic mass is 9.84. The lowest BCUT2D eigenvalue weighted by Crippen LogP contribution is -2.54. The van der Waals surface area contributed by atoms with Crippen LogP contribution >= 0.6 is 0 Å². The molecule has 0 aliphatic carbocycles. The zero-order valence-electron chi connectivity index (χ0n) is 40.0. The Bertz CT molecular complexity index is 2110. The Labute approximate surface area is 362 Å². The van der Waals surface area contributed by atoms with E-state index in [-0.39, 0.29) is 10.1 Å². The van der Waals surface area contributed by atoms with Crippen LogP contribution in [-0.4, -0.2) is 8.07 Å². The Morgan fingerprint density at radius 1 is 0.373 bits per heavy atom. The van der Waals surface area contributed by atoms with Crippen LogP contribution < -0.4 is 0 Å². The van der Waals surface area contributed by atoms with E-state index in [2.05, 4.69) is 233 Å². The minimum absolute atomic E-state index is 0.137. The number of hydrogen-bond donors (Lipinski definition) is 0. The van der Waals surface area contributed by atoms with Gasteiger partial charge in [0.2, 0.25) is 0 Å². The molecule has 0 nitrogen and oxygen atoms in total. The van der Waals surface area contributed by atoms with Gasteiger partial charge in [-0.15, -0.1) is 0 Å². The lowest BCUT2D eigenvalue weighted by molar-refractivity contribution is 0.630. The summed E-state index contributed by atoms with van der Waals surface area (Å²) in [6, 6.07) is 32.0. The fraction of sp³-hybridized carbons (Fsp3) is 0.448. The van der Waals surface area contributed by atoms with Gasteiger partial charge < -0.3 is 0 Å². The molecule has 0 spiro atoms. The summed E-state index contributed by atoms with van der Waals surface area (Å²) in [5, 5.41) is 2.35. The molecule has 0 amide bonds. The summed E-state index contributed by atoms with van der Waals surface area (Å²) in [6.45, 7) is 42.8. The first-order valence-corrected chi connectivity index (χ1v) is 24.5. The molecule has 0 bridgehead atoms. The van der Waals surface area contributed by atoms with Gasteiger partial charge in [0.15, 0.2) is 8.07 Å². The summed E-state index contributed by atoms with van der Waals surface area (Å²) in [5.74, 6) is 18.7. The Hall–Kier alpha value is -4.30. The second-order valence-corrected chi connectivity index (χ2v) is 26.6. The highest BCUT2D eigenvalue weighted by molar-refractivity contribution is 7.02. The van der Waals surface area contributed by atoms with E-state index in [1.807, 2.05) is 0 Å². The van der Waals surface area contributed by atoms with Crippen LogP contribution in [-0.2, 0) is 0 Å². The summed E-state index contributed by atoms with van der Waals surface area (Å²) in [4.78, 5) is 0. The third-order valence-electron chi connectivity index (χ3n) is 12.8. The summed E-state index contributed by atoms with van der Waals surface area (Å²) >= 11 is 0. The van der Waals surface area contributed by atoms with Crippen molar-refractivity contribution in [1.29, 1.82) is 0 Å². The molecule has 1 aliphatic heterocycles. The van der Waals surface area contributed by atoms with Crippen molar-refractivity contribution in [2.75, 3.05) is 0 Å². The molecule has 0 radical (unpaired) electrons. The number of rotatable bonds is 8. The smallest absolute Gasteiger partial charge is 0.0695 e. The number of hydrogen-bond acceptors (Lipinski definition) is 0. The van der Waals surface area contributed by atoms with E-state index in [4.69, 9.17) is 0 Å². The Kier molecular flexibility index (Phi) is 13.8. The second kappa shape index (κ2) is 17.7. The van der Waals surface area contributed by atoms with Crippen LogP contribution in [0.15, 0.2) is 95.3 Å². The molecule has 0 atom stereocenters. The number of benzene rings is 4. The van der Waals surface area contributed by atoms with E-state index in [1.54, 1.807) is 0 Å². The first-order chi connectivity index (χ1) is 27.5. The molecular formula is C58H74Si. The van der Waals surface area contributed by atoms with Gasteiger partial charge in [0.1, 0.15) is 0 Å². The summed E-state index contributed by atoms with van der Waals surface area (Å²) in [5.41, 5.74) is 15.6. The normalized spacial score (nSPS) is 14.6. The fourth-order valence-corrected chi connectivity index (χ4v) is 17.2. The van der Waals surface area contributed by atoms with Crippen molar-refractivity contribution >= 4 is 19.2 Å². The minimum atomic E-state index is -2.92. The standard InChI is InChI=1S/C58H74Si/c1-37(2)45-33-49(39(5)6)47(50(34-45)40(7)8)29-31-53-55(43-25-21-19-22-26-43)56(44-27-23-20-24-28-44)54(59(53,57(13,14)15)58(16,17)18)32-30-48-51(41(9)10)35-46(38(3)4)36-52(48)42(11)12/h19-28,33-42H,1-18H3. The minimum Gasteiger partial charge on any atom is -0.0695 e. The highest BCUT2D eigenvalue weighted by Gasteiger charge is 2.62. The van der Waals surface area contributed by atoms with E-state index in [9.17, 15) is 0 Å². The average molecular weight is 799 g/mol. The van der Waals surface area contributed by atoms with Gasteiger partial charge in [-0.2, -0.15) is 0 Å². The predicted octanol–water partition coefficient (Wildman–Crippen LogP) is 16.9. The zero-order chi connectivity index (χ0) is 43.8. The van der Waals surface area contributed by atoms with Gasteiger partial charge in [-0.05, 0) is 101 Å². The molecule has 5 rings (SSSR count). The second-order valence-electron chi connectivity index (χ2n) is 21.1. The zero-order valence-corrected chi connectivity index (χ0v) is 41.0. The molecule has 0 aromatic heterocycles. The molecule has 1 heteroatoms. The molecule has 4 aromatic rings. The first kappa shape index (κ1) is 45.8. The van der Waals surface area contributed by atoms with Gasteiger partial charge in [0.05, 0.1) is 0 Å². The molecule has 1 heterocycles. The van der Waals surface area contributed by atoms with Gasteiger partial charge in [0.25, 0.3) is 0 Å². The quantitative estimate of drug-likeness (QED) is 0.123. The van der Waals surface area contributed by atoms with Crippen LogP contribution in [0.3, 0.4) is 0 Å². The molecule has 0 unspecified atom stereocenters. The van der Waals surface area contributed by atoms with Crippen molar-refractivity contribution in [1.82, 2.24) is 0 Å². The van der Waals surface area contributed by atoms with Crippen LogP contribution in [0.25, 0.3) is 11.1 Å². The van der Waals surface area contributed by atoms with E-state index < -0.39 is 8.07 Å². The van der Waals surface area contributed by atoms with Gasteiger partial charge >= 0.3 is 0 Å². The topological polar surface area (TPSA) is 0 Å². The van der Waals surface area contributed by atoms with Crippen LogP contribution in [0, 0.1) is 23.7 Å². The van der Waals surface area contributed by atoms with Crippen LogP contribution in [0.5, 0.6) is 0 Å². The van der Waals surface area contributed by atoms with E-state index in [0.717, 1.165) is 0 Å². The fourth-order valence-electron chi connectivity index (χ4n) is 9.92. The molecule has 4 aromatic carbocycles. The summed E-state index contributed by atoms with van der Waals surface area (Å²) < 4.78 is 0. The van der Waals surface area contributed by atoms with E-state index in [0.29, 0.717) is 35.5 Å². The van der Waals surface area contributed by atoms with Crippen molar-refractivity contribution in [2.45, 2.75) is 170 Å². The largest absolute Gasteiger partial charge is 0.151 e. The Balaban J connectivity index is 2.06. The molecule has 59 heavy (non-hydrogen) atoms. The summed E-state index contributed by atoms with van der Waals surface area (Å²) in [7, 11) is -2.92. The van der Waals surface area contributed by atoms with Crippen molar-refractivity contribution in [3.63, 3.8) is 0 Å². The van der Waals surface area contributed by atoms with Gasteiger partial charge in [-0.1, -0.05) is 233 Å². The van der Waals surface area contributed by atoms with Crippen molar-refractivity contribution in [3.8, 4) is 23.7 Å². The van der Waals surface area contributed by atoms with Crippen molar-refractivity contribution < 1.29 is 0 Å². The molecule has 0 saturated heterocycles. The third kappa shape index (κ3) is 8.80. The van der Waals surface area contributed by atoms with Gasteiger partial charge in [-0.3, -0.25) is 0 Å². The molecule has 0 saturated carbocycles. The highest BCUT2D eigenvalue weighted by Crippen LogP contribution is 2.65. The molecular weight excluding hydrogens is 725 g/mol. The molecule has 1 aliphatic rings. The maximum Gasteiger partial charge on any atom is 0.151 e. The highest BCUT2D eigenvalue weighted by atomic mass is 28.3. The van der Waals surface area contributed by atoms with Gasteiger partial charge in [0, 0.05) is 21.5 Å². The van der Waals surface area contributed by atoms with E-state index in [1.165, 1.54) is 77.2 Å². The SMILES string of the molecule is CC(C)c1cc(C(C)C)c(C#CC2=C(c3ccccc3)C(c3ccccc3)=C(C#Cc3c(C(C)C)cc(C(C)C)cc3C(C)C)[Si]2(C(C)(C)C)C(C)(C)C)c(C(C)C)c1. The van der Waals surface area contributed by atoms with Gasteiger partial charge in [-0.25, -0.2) is 0 Å². The van der Waals surface area contributed by atoms with Crippen molar-refractivity contribution in [2.24, 2.45) is 0 Å². The monoisotopic (exact) mass is 799 g/mol. The first-order valence-electron chi connectivity index (χ1n) is 22.5. The maximum atomic E-state index is 4.18. The Morgan fingerprint density at radius 3 is 0.864 bits per heavy atom. The number of allylic oxidation sites excluding steroid dienone is 4. The molecule has 310 valence electrons. The Morgan fingerprint density at radius 2 is 0.644 bits per heavy atom. The molecule has 0 N–H and O–H groups in total. The van der Waals surface area contributed by atoms with Crippen LogP contribution in [0.4, 0.5) is 0 Å². The summed E-state index contributed by atoms with van der Waals surface area (Å²) in [6.07, 6.45) is 0. The predicted molar refractivity (Wildman–Crippen MR) is 263 cm³/mol. The molecule has 0 fully saturated rings. The third-order valence-corrected chi connectivity index (χ3v) is 19.5. The lowest BCUT2D eigenvalue weighted by Gasteiger charge is -2.50. The van der Waals surface area contributed by atoms with Crippen LogP contribution in [0.2, 0.25) is 10.1 Å².